The van der Waals surface area contributed by atoms with Crippen LogP contribution in [0.2, 0.25) is 0 Å². The zero-order valence-corrected chi connectivity index (χ0v) is 18.3. The molecule has 172 valence electrons. The number of fused-ring (bicyclic) bond motifs is 1. The molecular weight excluding hydrogens is 437 g/mol. The maximum absolute atomic E-state index is 13.6. The van der Waals surface area contributed by atoms with Crippen molar-refractivity contribution in [3.63, 3.8) is 0 Å². The van der Waals surface area contributed by atoms with Crippen LogP contribution < -0.4 is 21.7 Å². The van der Waals surface area contributed by atoms with E-state index in [0.717, 1.165) is 18.4 Å². The highest BCUT2D eigenvalue weighted by Crippen LogP contribution is 2.33. The summed E-state index contributed by atoms with van der Waals surface area (Å²) in [6.45, 7) is 1.74. The zero-order valence-electron chi connectivity index (χ0n) is 18.3. The molecule has 0 saturated heterocycles. The van der Waals surface area contributed by atoms with Crippen LogP contribution in [0.15, 0.2) is 55.0 Å². The molecule has 0 spiro atoms. The van der Waals surface area contributed by atoms with Gasteiger partial charge in [-0.05, 0) is 61.2 Å². The number of nitrogen functional groups attached to an aromatic ring is 1. The number of benzene rings is 2. The standard InChI is InChI=1S/C24H22FN7O2/c1-13-8-15(25)10-18(9-13)31-24(34)30-17-4-2-14(3-5-17)20-19(23(33)29-16-6-7-16)11-32-21(20)22(26)27-12-28-32/h2-5,8-12,16H,6-7H2,1H3,(H,29,33)(H2,26,27,28)(H2,30,31,34). The van der Waals surface area contributed by atoms with Crippen molar-refractivity contribution >= 4 is 34.6 Å². The smallest absolute Gasteiger partial charge is 0.323 e. The average Bonchev–Trinajstić information content (AvgIpc) is 3.50. The van der Waals surface area contributed by atoms with E-state index in [4.69, 9.17) is 5.73 Å². The predicted molar refractivity (Wildman–Crippen MR) is 127 cm³/mol. The molecule has 0 atom stereocenters. The normalized spacial score (nSPS) is 13.0. The summed E-state index contributed by atoms with van der Waals surface area (Å²) in [5, 5.41) is 12.5. The number of hydrogen-bond donors (Lipinski definition) is 4. The van der Waals surface area contributed by atoms with Crippen LogP contribution in [-0.4, -0.2) is 32.6 Å². The molecule has 34 heavy (non-hydrogen) atoms. The number of aryl methyl sites for hydroxylation is 1. The van der Waals surface area contributed by atoms with Crippen molar-refractivity contribution < 1.29 is 14.0 Å². The first-order valence-corrected chi connectivity index (χ1v) is 10.8. The van der Waals surface area contributed by atoms with Gasteiger partial charge in [-0.15, -0.1) is 0 Å². The van der Waals surface area contributed by atoms with Gasteiger partial charge in [-0.25, -0.2) is 18.7 Å². The molecule has 1 aliphatic carbocycles. The summed E-state index contributed by atoms with van der Waals surface area (Å²) in [5.41, 5.74) is 10.00. The van der Waals surface area contributed by atoms with Crippen LogP contribution in [0.25, 0.3) is 16.6 Å². The SMILES string of the molecule is Cc1cc(F)cc(NC(=O)Nc2ccc(-c3c(C(=O)NC4CC4)cn4ncnc(N)c34)cc2)c1. The molecule has 2 heterocycles. The Morgan fingerprint density at radius 1 is 1.09 bits per heavy atom. The summed E-state index contributed by atoms with van der Waals surface area (Å²) in [6, 6.07) is 10.9. The molecule has 10 heteroatoms. The van der Waals surface area contributed by atoms with Crippen LogP contribution in [0, 0.1) is 12.7 Å². The maximum Gasteiger partial charge on any atom is 0.323 e. The molecule has 5 N–H and O–H groups in total. The number of hydrogen-bond acceptors (Lipinski definition) is 5. The highest BCUT2D eigenvalue weighted by Gasteiger charge is 2.27. The topological polar surface area (TPSA) is 126 Å². The lowest BCUT2D eigenvalue weighted by Crippen LogP contribution is -2.25. The first kappa shape index (κ1) is 21.4. The number of urea groups is 1. The van der Waals surface area contributed by atoms with Crippen LogP contribution in [-0.2, 0) is 0 Å². The number of halogens is 1. The van der Waals surface area contributed by atoms with Gasteiger partial charge < -0.3 is 21.7 Å². The molecular formula is C24H22FN7O2. The lowest BCUT2D eigenvalue weighted by molar-refractivity contribution is 0.0951. The van der Waals surface area contributed by atoms with Gasteiger partial charge in [-0.3, -0.25) is 4.79 Å². The van der Waals surface area contributed by atoms with Crippen LogP contribution in [0.5, 0.6) is 0 Å². The van der Waals surface area contributed by atoms with E-state index in [1.165, 1.54) is 18.5 Å². The van der Waals surface area contributed by atoms with E-state index in [-0.39, 0.29) is 17.8 Å². The molecule has 2 aromatic carbocycles. The van der Waals surface area contributed by atoms with Crippen molar-refractivity contribution in [1.82, 2.24) is 19.9 Å². The number of nitrogens with two attached hydrogens (primary N) is 1. The second kappa shape index (κ2) is 8.47. The number of anilines is 3. The Labute approximate surface area is 194 Å². The van der Waals surface area contributed by atoms with E-state index in [9.17, 15) is 14.0 Å². The number of nitrogens with one attached hydrogen (secondary N) is 3. The molecule has 2 aromatic heterocycles. The highest BCUT2D eigenvalue weighted by atomic mass is 19.1. The molecule has 1 fully saturated rings. The van der Waals surface area contributed by atoms with Gasteiger partial charge >= 0.3 is 6.03 Å². The lowest BCUT2D eigenvalue weighted by atomic mass is 10.0. The molecule has 0 unspecified atom stereocenters. The molecule has 0 radical (unpaired) electrons. The number of aromatic nitrogens is 3. The van der Waals surface area contributed by atoms with Gasteiger partial charge in [0.05, 0.1) is 5.56 Å². The van der Waals surface area contributed by atoms with Crippen LogP contribution >= 0.6 is 0 Å². The monoisotopic (exact) mass is 459 g/mol. The minimum atomic E-state index is -0.505. The van der Waals surface area contributed by atoms with Gasteiger partial charge in [0.15, 0.2) is 5.82 Å². The first-order valence-electron chi connectivity index (χ1n) is 10.8. The van der Waals surface area contributed by atoms with Gasteiger partial charge in [0.25, 0.3) is 5.91 Å². The third-order valence-electron chi connectivity index (χ3n) is 5.49. The molecule has 3 amide bonds. The summed E-state index contributed by atoms with van der Waals surface area (Å²) in [4.78, 5) is 29.3. The number of rotatable bonds is 5. The second-order valence-electron chi connectivity index (χ2n) is 8.28. The zero-order chi connectivity index (χ0) is 23.8. The predicted octanol–water partition coefficient (Wildman–Crippen LogP) is 3.96. The van der Waals surface area contributed by atoms with Crippen LogP contribution in [0.4, 0.5) is 26.4 Å². The Bertz CT molecular complexity index is 1390. The van der Waals surface area contributed by atoms with Gasteiger partial charge in [0.2, 0.25) is 0 Å². The van der Waals surface area contributed by atoms with Gasteiger partial charge in [0, 0.05) is 29.2 Å². The van der Waals surface area contributed by atoms with E-state index in [1.807, 2.05) is 0 Å². The fraction of sp³-hybridized carbons (Fsp3) is 0.167. The van der Waals surface area contributed by atoms with Crippen molar-refractivity contribution in [3.05, 3.63) is 71.9 Å². The Balaban J connectivity index is 1.41. The Morgan fingerprint density at radius 3 is 2.53 bits per heavy atom. The summed E-state index contributed by atoms with van der Waals surface area (Å²) >= 11 is 0. The largest absolute Gasteiger partial charge is 0.382 e. The maximum atomic E-state index is 13.6. The number of carbonyl (C=O) groups is 2. The van der Waals surface area contributed by atoms with Crippen molar-refractivity contribution in [3.8, 4) is 11.1 Å². The summed E-state index contributed by atoms with van der Waals surface area (Å²) in [6.07, 6.45) is 4.91. The Hall–Kier alpha value is -4.47. The van der Waals surface area contributed by atoms with Gasteiger partial charge in [0.1, 0.15) is 17.7 Å². The minimum absolute atomic E-state index is 0.193. The van der Waals surface area contributed by atoms with Crippen molar-refractivity contribution in [1.29, 1.82) is 0 Å². The average molecular weight is 459 g/mol. The van der Waals surface area contributed by atoms with Gasteiger partial charge in [-0.1, -0.05) is 12.1 Å². The van der Waals surface area contributed by atoms with E-state index >= 15 is 0 Å². The third kappa shape index (κ3) is 4.38. The van der Waals surface area contributed by atoms with E-state index in [0.29, 0.717) is 33.6 Å². The van der Waals surface area contributed by atoms with Crippen LogP contribution in [0.1, 0.15) is 28.8 Å². The second-order valence-corrected chi connectivity index (χ2v) is 8.28. The molecule has 1 aliphatic rings. The summed E-state index contributed by atoms with van der Waals surface area (Å²) in [7, 11) is 0. The van der Waals surface area contributed by atoms with Gasteiger partial charge in [-0.2, -0.15) is 5.10 Å². The van der Waals surface area contributed by atoms with Crippen LogP contribution in [0.3, 0.4) is 0 Å². The molecule has 0 aliphatic heterocycles. The lowest BCUT2D eigenvalue weighted by Gasteiger charge is -2.10. The number of carbonyl (C=O) groups excluding carboxylic acids is 2. The molecule has 9 nitrogen and oxygen atoms in total. The highest BCUT2D eigenvalue weighted by molar-refractivity contribution is 6.07. The Kier molecular flexibility index (Phi) is 5.33. The fourth-order valence-electron chi connectivity index (χ4n) is 3.81. The molecule has 1 saturated carbocycles. The molecule has 0 bridgehead atoms. The molecule has 4 aromatic rings. The van der Waals surface area contributed by atoms with E-state index in [2.05, 4.69) is 26.0 Å². The number of amides is 3. The van der Waals surface area contributed by atoms with Crippen molar-refractivity contribution in [2.75, 3.05) is 16.4 Å². The Morgan fingerprint density at radius 2 is 1.82 bits per heavy atom. The first-order chi connectivity index (χ1) is 16.4. The number of nitrogens with zero attached hydrogens (tertiary/aromatic N) is 3. The quantitative estimate of drug-likeness (QED) is 0.359. The molecule has 5 rings (SSSR count). The third-order valence-corrected chi connectivity index (χ3v) is 5.49. The summed E-state index contributed by atoms with van der Waals surface area (Å²) < 4.78 is 15.1. The summed E-state index contributed by atoms with van der Waals surface area (Å²) in [5.74, 6) is -0.374. The minimum Gasteiger partial charge on any atom is -0.382 e. The van der Waals surface area contributed by atoms with E-state index in [1.54, 1.807) is 48.0 Å². The van der Waals surface area contributed by atoms with E-state index < -0.39 is 11.8 Å². The van der Waals surface area contributed by atoms with Crippen molar-refractivity contribution in [2.45, 2.75) is 25.8 Å². The fourth-order valence-corrected chi connectivity index (χ4v) is 3.81. The van der Waals surface area contributed by atoms with Crippen molar-refractivity contribution in [2.24, 2.45) is 0 Å².